The third-order valence-corrected chi connectivity index (χ3v) is 3.18. The first kappa shape index (κ1) is 14.8. The van der Waals surface area contributed by atoms with Crippen molar-refractivity contribution in [2.24, 2.45) is 0 Å². The molecule has 106 valence electrons. The Morgan fingerprint density at radius 3 is 2.75 bits per heavy atom. The van der Waals surface area contributed by atoms with Gasteiger partial charge in [-0.2, -0.15) is 9.97 Å². The zero-order valence-corrected chi connectivity index (χ0v) is 12.7. The molecule has 0 saturated heterocycles. The molecule has 0 atom stereocenters. The molecule has 0 bridgehead atoms. The second-order valence-corrected chi connectivity index (χ2v) is 4.89. The van der Waals surface area contributed by atoms with Crippen molar-refractivity contribution in [3.05, 3.63) is 33.8 Å². The molecule has 0 aliphatic carbocycles. The van der Waals surface area contributed by atoms with Crippen LogP contribution in [0.3, 0.4) is 0 Å². The minimum atomic E-state index is -0.609. The Balaban J connectivity index is 2.35. The van der Waals surface area contributed by atoms with Gasteiger partial charge < -0.3 is 15.2 Å². The molecular formula is C12H10BrClFN3O2. The number of hydrogen-bond donors (Lipinski definition) is 1. The van der Waals surface area contributed by atoms with E-state index in [2.05, 4.69) is 25.9 Å². The molecule has 0 amide bonds. The highest BCUT2D eigenvalue weighted by Crippen LogP contribution is 2.36. The molecule has 5 nitrogen and oxygen atoms in total. The van der Waals surface area contributed by atoms with Gasteiger partial charge in [-0.3, -0.25) is 0 Å². The summed E-state index contributed by atoms with van der Waals surface area (Å²) in [5, 5.41) is -0.0186. The monoisotopic (exact) mass is 361 g/mol. The van der Waals surface area contributed by atoms with Gasteiger partial charge in [-0.15, -0.1) is 0 Å². The van der Waals surface area contributed by atoms with Crippen LogP contribution in [0.4, 0.5) is 10.1 Å². The van der Waals surface area contributed by atoms with E-state index in [4.69, 9.17) is 26.8 Å². The number of hydrogen-bond acceptors (Lipinski definition) is 5. The van der Waals surface area contributed by atoms with Gasteiger partial charge in [0.1, 0.15) is 17.9 Å². The van der Waals surface area contributed by atoms with Crippen LogP contribution >= 0.6 is 27.5 Å². The summed E-state index contributed by atoms with van der Waals surface area (Å²) in [6.07, 6.45) is 1.25. The summed E-state index contributed by atoms with van der Waals surface area (Å²) in [4.78, 5) is 7.77. The largest absolute Gasteiger partial charge is 0.476 e. The van der Waals surface area contributed by atoms with Gasteiger partial charge in [0.25, 0.3) is 0 Å². The van der Waals surface area contributed by atoms with E-state index in [1.54, 1.807) is 6.92 Å². The lowest BCUT2D eigenvalue weighted by molar-refractivity contribution is 0.325. The molecule has 0 saturated carbocycles. The average molecular weight is 363 g/mol. The predicted octanol–water partition coefficient (Wildman–Crippen LogP) is 3.80. The molecule has 0 unspecified atom stereocenters. The zero-order chi connectivity index (χ0) is 14.7. The fourth-order valence-corrected chi connectivity index (χ4v) is 2.10. The van der Waals surface area contributed by atoms with Crippen molar-refractivity contribution in [2.75, 3.05) is 12.3 Å². The number of benzene rings is 1. The van der Waals surface area contributed by atoms with Gasteiger partial charge in [-0.1, -0.05) is 11.6 Å². The molecular weight excluding hydrogens is 353 g/mol. The van der Waals surface area contributed by atoms with Crippen molar-refractivity contribution < 1.29 is 13.9 Å². The highest BCUT2D eigenvalue weighted by atomic mass is 79.9. The highest BCUT2D eigenvalue weighted by Gasteiger charge is 2.14. The van der Waals surface area contributed by atoms with Crippen molar-refractivity contribution in [3.8, 4) is 17.5 Å². The van der Waals surface area contributed by atoms with Gasteiger partial charge >= 0.3 is 0 Å². The lowest BCUT2D eigenvalue weighted by Gasteiger charge is -2.11. The van der Waals surface area contributed by atoms with Crippen LogP contribution in [0.25, 0.3) is 0 Å². The molecule has 1 heterocycles. The minimum absolute atomic E-state index is 0.0186. The summed E-state index contributed by atoms with van der Waals surface area (Å²) in [6.45, 7) is 2.20. The number of anilines is 1. The smallest absolute Gasteiger partial charge is 0.249 e. The van der Waals surface area contributed by atoms with Gasteiger partial charge in [0.05, 0.1) is 16.1 Å². The topological polar surface area (TPSA) is 70.3 Å². The molecule has 8 heteroatoms. The number of nitrogens with two attached hydrogens (primary N) is 1. The van der Waals surface area contributed by atoms with Gasteiger partial charge in [0.15, 0.2) is 5.69 Å². The van der Waals surface area contributed by atoms with Crippen LogP contribution in [0.15, 0.2) is 22.9 Å². The molecule has 2 aromatic rings. The molecule has 0 aliphatic heterocycles. The number of nitrogen functional groups attached to an aromatic ring is 1. The number of aromatic nitrogens is 2. The molecule has 1 aromatic carbocycles. The molecule has 20 heavy (non-hydrogen) atoms. The zero-order valence-electron chi connectivity index (χ0n) is 10.4. The molecule has 0 spiro atoms. The van der Waals surface area contributed by atoms with E-state index in [-0.39, 0.29) is 28.2 Å². The summed E-state index contributed by atoms with van der Waals surface area (Å²) < 4.78 is 24.6. The highest BCUT2D eigenvalue weighted by molar-refractivity contribution is 9.10. The Morgan fingerprint density at radius 1 is 1.35 bits per heavy atom. The Bertz CT molecular complexity index is 642. The van der Waals surface area contributed by atoms with E-state index in [1.807, 2.05) is 0 Å². The average Bonchev–Trinajstić information content (AvgIpc) is 2.40. The van der Waals surface area contributed by atoms with Gasteiger partial charge in [-0.25, -0.2) is 4.39 Å². The number of rotatable bonds is 4. The van der Waals surface area contributed by atoms with Crippen LogP contribution in [0.2, 0.25) is 5.02 Å². The van der Waals surface area contributed by atoms with Crippen molar-refractivity contribution in [3.63, 3.8) is 0 Å². The predicted molar refractivity (Wildman–Crippen MR) is 76.8 cm³/mol. The van der Waals surface area contributed by atoms with E-state index in [9.17, 15) is 4.39 Å². The van der Waals surface area contributed by atoms with Crippen molar-refractivity contribution in [1.29, 1.82) is 0 Å². The van der Waals surface area contributed by atoms with Crippen LogP contribution in [-0.4, -0.2) is 16.6 Å². The van der Waals surface area contributed by atoms with Crippen LogP contribution in [-0.2, 0) is 0 Å². The fraction of sp³-hybridized carbons (Fsp3) is 0.167. The van der Waals surface area contributed by atoms with E-state index in [0.717, 1.165) is 6.07 Å². The first-order chi connectivity index (χ1) is 9.52. The Hall–Kier alpha value is -1.60. The third-order valence-electron chi connectivity index (χ3n) is 2.27. The molecule has 2 N–H and O–H groups in total. The lowest BCUT2D eigenvalue weighted by Crippen LogP contribution is -2.03. The second kappa shape index (κ2) is 6.23. The lowest BCUT2D eigenvalue weighted by atomic mass is 10.3. The summed E-state index contributed by atoms with van der Waals surface area (Å²) in [5.41, 5.74) is 5.96. The SMILES string of the molecule is CCOc1ncnc(Oc2cc(F)c(Cl)cc2Br)c1N. The van der Waals surface area contributed by atoms with Crippen LogP contribution < -0.4 is 15.2 Å². The summed E-state index contributed by atoms with van der Waals surface area (Å²) in [5.74, 6) is -0.129. The Kier molecular flexibility index (Phi) is 4.61. The maximum atomic E-state index is 13.4. The quantitative estimate of drug-likeness (QED) is 0.838. The number of halogens is 3. The summed E-state index contributed by atoms with van der Waals surface area (Å²) in [7, 11) is 0. The van der Waals surface area contributed by atoms with Crippen molar-refractivity contribution in [2.45, 2.75) is 6.92 Å². The van der Waals surface area contributed by atoms with Crippen LogP contribution in [0, 0.1) is 5.82 Å². The van der Waals surface area contributed by atoms with Crippen molar-refractivity contribution in [1.82, 2.24) is 9.97 Å². The second-order valence-electron chi connectivity index (χ2n) is 3.63. The molecule has 2 rings (SSSR count). The standard InChI is InChI=1S/C12H10BrClFN3O2/c1-2-19-11-10(16)12(18-5-17-11)20-9-4-8(15)7(14)3-6(9)13/h3-5H,2,16H2,1H3. The maximum absolute atomic E-state index is 13.4. The number of ether oxygens (including phenoxy) is 2. The van der Waals surface area contributed by atoms with E-state index < -0.39 is 5.82 Å². The molecule has 0 radical (unpaired) electrons. The third kappa shape index (κ3) is 3.10. The Morgan fingerprint density at radius 2 is 2.05 bits per heavy atom. The molecule has 1 aromatic heterocycles. The van der Waals surface area contributed by atoms with Gasteiger partial charge in [0.2, 0.25) is 11.8 Å². The van der Waals surface area contributed by atoms with Crippen LogP contribution in [0.5, 0.6) is 17.5 Å². The number of nitrogens with zero attached hydrogens (tertiary/aromatic N) is 2. The fourth-order valence-electron chi connectivity index (χ4n) is 1.38. The Labute approximate surface area is 128 Å². The van der Waals surface area contributed by atoms with Crippen molar-refractivity contribution >= 4 is 33.2 Å². The van der Waals surface area contributed by atoms with E-state index in [1.165, 1.54) is 12.4 Å². The summed E-state index contributed by atoms with van der Waals surface area (Å²) >= 11 is 8.88. The van der Waals surface area contributed by atoms with Gasteiger partial charge in [-0.05, 0) is 28.9 Å². The van der Waals surface area contributed by atoms with E-state index >= 15 is 0 Å². The molecule has 0 fully saturated rings. The minimum Gasteiger partial charge on any atom is -0.476 e. The maximum Gasteiger partial charge on any atom is 0.249 e. The van der Waals surface area contributed by atoms with Crippen LogP contribution in [0.1, 0.15) is 6.92 Å². The normalized spacial score (nSPS) is 10.4. The van der Waals surface area contributed by atoms with E-state index in [0.29, 0.717) is 11.1 Å². The molecule has 0 aliphatic rings. The van der Waals surface area contributed by atoms with Gasteiger partial charge in [0, 0.05) is 6.07 Å². The first-order valence-corrected chi connectivity index (χ1v) is 6.75. The first-order valence-electron chi connectivity index (χ1n) is 5.58. The summed E-state index contributed by atoms with van der Waals surface area (Å²) in [6, 6.07) is 2.52.